The van der Waals surface area contributed by atoms with E-state index < -0.39 is 0 Å². The SMILES string of the molecule is CCC12CCCC1C1C3C4C#CC(CC5(C(C)C)CC(C)[C@@]5(CN)C4)C3C12. The minimum atomic E-state index is 0.372. The molecule has 0 saturated heterocycles. The minimum absolute atomic E-state index is 0.372. The Bertz CT molecular complexity index is 728. The summed E-state index contributed by atoms with van der Waals surface area (Å²) in [5.74, 6) is 15.6. The van der Waals surface area contributed by atoms with Crippen molar-refractivity contribution in [3.63, 3.8) is 0 Å². The molecule has 0 heterocycles. The van der Waals surface area contributed by atoms with Crippen molar-refractivity contribution in [2.75, 3.05) is 6.54 Å². The van der Waals surface area contributed by atoms with Crippen LogP contribution < -0.4 is 5.73 Å². The van der Waals surface area contributed by atoms with Crippen molar-refractivity contribution in [1.82, 2.24) is 0 Å². The van der Waals surface area contributed by atoms with Gasteiger partial charge >= 0.3 is 0 Å². The van der Waals surface area contributed by atoms with E-state index in [1.54, 1.807) is 0 Å². The van der Waals surface area contributed by atoms with E-state index in [-0.39, 0.29) is 0 Å². The maximum absolute atomic E-state index is 6.60. The lowest BCUT2D eigenvalue weighted by molar-refractivity contribution is -0.301. The second-order valence-electron chi connectivity index (χ2n) is 12.0. The Hall–Kier alpha value is -0.480. The molecule has 5 fully saturated rings. The monoisotopic (exact) mass is 365 g/mol. The van der Waals surface area contributed by atoms with E-state index in [2.05, 4.69) is 39.5 Å². The van der Waals surface area contributed by atoms with E-state index in [4.69, 9.17) is 5.73 Å². The molecule has 0 aliphatic heterocycles. The zero-order chi connectivity index (χ0) is 18.8. The number of rotatable bonds is 3. The molecule has 0 radical (unpaired) electrons. The van der Waals surface area contributed by atoms with Gasteiger partial charge in [-0.15, -0.1) is 0 Å². The van der Waals surface area contributed by atoms with Gasteiger partial charge < -0.3 is 5.73 Å². The van der Waals surface area contributed by atoms with Crippen LogP contribution in [0.5, 0.6) is 0 Å². The molecule has 148 valence electrons. The van der Waals surface area contributed by atoms with Gasteiger partial charge in [-0.2, -0.15) is 0 Å². The lowest BCUT2D eigenvalue weighted by Crippen LogP contribution is -2.75. The van der Waals surface area contributed by atoms with Gasteiger partial charge in [0.1, 0.15) is 0 Å². The molecule has 0 aromatic heterocycles. The Morgan fingerprint density at radius 1 is 1.04 bits per heavy atom. The highest BCUT2D eigenvalue weighted by Crippen LogP contribution is 2.82. The predicted molar refractivity (Wildman–Crippen MR) is 111 cm³/mol. The largest absolute Gasteiger partial charge is 0.330 e. The van der Waals surface area contributed by atoms with Crippen molar-refractivity contribution in [2.24, 2.45) is 75.2 Å². The summed E-state index contributed by atoms with van der Waals surface area (Å²) < 4.78 is 0. The molecule has 11 atom stereocenters. The molecule has 0 aromatic rings. The fourth-order valence-electron chi connectivity index (χ4n) is 11.0. The third-order valence-electron chi connectivity index (χ3n) is 12.0. The van der Waals surface area contributed by atoms with Gasteiger partial charge in [-0.25, -0.2) is 0 Å². The van der Waals surface area contributed by atoms with Gasteiger partial charge in [-0.05, 0) is 103 Å². The van der Waals surface area contributed by atoms with E-state index >= 15 is 0 Å². The molecule has 1 heteroatoms. The molecule has 10 unspecified atom stereocenters. The second-order valence-corrected chi connectivity index (χ2v) is 12.0. The second kappa shape index (κ2) is 5.16. The molecule has 2 N–H and O–H groups in total. The van der Waals surface area contributed by atoms with E-state index in [1.807, 2.05) is 0 Å². The highest BCUT2D eigenvalue weighted by atomic mass is 14.8. The van der Waals surface area contributed by atoms with Gasteiger partial charge in [0.15, 0.2) is 0 Å². The van der Waals surface area contributed by atoms with Crippen LogP contribution in [-0.2, 0) is 0 Å². The van der Waals surface area contributed by atoms with Crippen molar-refractivity contribution in [1.29, 1.82) is 0 Å². The first-order valence-electron chi connectivity index (χ1n) is 12.2. The van der Waals surface area contributed by atoms with Crippen LogP contribution in [0.15, 0.2) is 0 Å². The summed E-state index contributed by atoms with van der Waals surface area (Å²) in [5, 5.41) is 0. The maximum Gasteiger partial charge on any atom is 0.0243 e. The molecule has 7 aliphatic carbocycles. The molecule has 27 heavy (non-hydrogen) atoms. The smallest absolute Gasteiger partial charge is 0.0243 e. The van der Waals surface area contributed by atoms with Crippen molar-refractivity contribution < 1.29 is 0 Å². The van der Waals surface area contributed by atoms with E-state index in [0.29, 0.717) is 22.7 Å². The fraction of sp³-hybridized carbons (Fsp3) is 0.923. The van der Waals surface area contributed by atoms with Crippen LogP contribution in [0.2, 0.25) is 0 Å². The summed E-state index contributed by atoms with van der Waals surface area (Å²) in [6.45, 7) is 10.9. The maximum atomic E-state index is 6.60. The summed E-state index contributed by atoms with van der Waals surface area (Å²) in [7, 11) is 0. The van der Waals surface area contributed by atoms with Crippen LogP contribution in [0.25, 0.3) is 0 Å². The van der Waals surface area contributed by atoms with Crippen LogP contribution in [0.4, 0.5) is 0 Å². The average Bonchev–Trinajstić information content (AvgIpc) is 2.96. The molecule has 7 aliphatic rings. The zero-order valence-electron chi connectivity index (χ0n) is 17.9. The summed E-state index contributed by atoms with van der Waals surface area (Å²) in [5.41, 5.74) is 8.17. The zero-order valence-corrected chi connectivity index (χ0v) is 17.9. The first-order chi connectivity index (χ1) is 13.0. The van der Waals surface area contributed by atoms with Gasteiger partial charge in [0, 0.05) is 11.8 Å². The highest BCUT2D eigenvalue weighted by molar-refractivity contribution is 5.33. The first kappa shape index (κ1) is 17.4. The van der Waals surface area contributed by atoms with E-state index in [0.717, 1.165) is 53.4 Å². The molecule has 1 nitrogen and oxygen atoms in total. The summed E-state index contributed by atoms with van der Waals surface area (Å²) in [6, 6.07) is 0. The Labute approximate surface area is 166 Å². The Kier molecular flexibility index (Phi) is 3.32. The molecule has 0 spiro atoms. The Morgan fingerprint density at radius 2 is 1.78 bits per heavy atom. The lowest BCUT2D eigenvalue weighted by atomic mass is 9.25. The summed E-state index contributed by atoms with van der Waals surface area (Å²) in [6.07, 6.45) is 10.1. The van der Waals surface area contributed by atoms with Gasteiger partial charge in [0.05, 0.1) is 0 Å². The molecule has 0 amide bonds. The summed E-state index contributed by atoms with van der Waals surface area (Å²) >= 11 is 0. The number of hydrogen-bond donors (Lipinski definition) is 1. The van der Waals surface area contributed by atoms with Crippen molar-refractivity contribution >= 4 is 0 Å². The highest BCUT2D eigenvalue weighted by Gasteiger charge is 2.78. The first-order valence-corrected chi connectivity index (χ1v) is 12.2. The number of nitrogens with two attached hydrogens (primary N) is 1. The average molecular weight is 366 g/mol. The fourth-order valence-corrected chi connectivity index (χ4v) is 11.0. The Morgan fingerprint density at radius 3 is 2.41 bits per heavy atom. The van der Waals surface area contributed by atoms with E-state index in [1.165, 1.54) is 44.9 Å². The molecule has 0 aromatic carbocycles. The molecule has 2 bridgehead atoms. The van der Waals surface area contributed by atoms with Crippen molar-refractivity contribution in [3.8, 4) is 11.8 Å². The van der Waals surface area contributed by atoms with E-state index in [9.17, 15) is 0 Å². The number of fused-ring (bicyclic) bond motifs is 4. The van der Waals surface area contributed by atoms with Crippen LogP contribution in [-0.4, -0.2) is 6.54 Å². The molecule has 5 saturated carbocycles. The Balaban J connectivity index is 1.42. The number of hydrogen-bond acceptors (Lipinski definition) is 1. The van der Waals surface area contributed by atoms with Crippen LogP contribution in [0.1, 0.15) is 72.6 Å². The van der Waals surface area contributed by atoms with Crippen molar-refractivity contribution in [2.45, 2.75) is 72.6 Å². The standard InChI is InChI=1S/C26H39N/c1-5-24-10-6-7-19(24)22-20-17-8-9-18(21(20)23(22)24)12-25(15(2)3)11-16(4)26(25,13-17)14-27/h15-23H,5-7,10-14,27H2,1-4H3/t16?,17?,18?,19?,20?,21?,22?,23?,24?,25?,26-/m0/s1. The molecular weight excluding hydrogens is 326 g/mol. The lowest BCUT2D eigenvalue weighted by Gasteiger charge is -2.78. The van der Waals surface area contributed by atoms with Crippen LogP contribution in [0, 0.1) is 81.3 Å². The summed E-state index contributed by atoms with van der Waals surface area (Å²) in [4.78, 5) is 0. The van der Waals surface area contributed by atoms with Gasteiger partial charge in [-0.3, -0.25) is 0 Å². The minimum Gasteiger partial charge on any atom is -0.330 e. The third kappa shape index (κ3) is 1.61. The van der Waals surface area contributed by atoms with Gasteiger partial charge in [0.25, 0.3) is 0 Å². The van der Waals surface area contributed by atoms with Crippen LogP contribution >= 0.6 is 0 Å². The molecule has 7 rings (SSSR count). The van der Waals surface area contributed by atoms with Crippen LogP contribution in [0.3, 0.4) is 0 Å². The van der Waals surface area contributed by atoms with Gasteiger partial charge in [-0.1, -0.05) is 46.0 Å². The topological polar surface area (TPSA) is 26.0 Å². The normalized spacial score (nSPS) is 61.7. The quantitative estimate of drug-likeness (QED) is 0.671. The van der Waals surface area contributed by atoms with Gasteiger partial charge in [0.2, 0.25) is 0 Å². The predicted octanol–water partition coefficient (Wildman–Crippen LogP) is 5.35. The van der Waals surface area contributed by atoms with Crippen molar-refractivity contribution in [3.05, 3.63) is 0 Å². The molecular formula is C26H39N. The third-order valence-corrected chi connectivity index (χ3v) is 12.0.